The minimum atomic E-state index is -0.300. The molecule has 1 N–H and O–H groups in total. The van der Waals surface area contributed by atoms with Crippen LogP contribution in [0.3, 0.4) is 0 Å². The number of pyridine rings is 1. The molecule has 5 heteroatoms. The molecule has 1 amide bonds. The summed E-state index contributed by atoms with van der Waals surface area (Å²) in [4.78, 5) is 12.1. The first kappa shape index (κ1) is 21.7. The average molecular weight is 385 g/mol. The number of amides is 1. The highest BCUT2D eigenvalue weighted by Gasteiger charge is 2.07. The highest BCUT2D eigenvalue weighted by atomic mass is 19.1. The van der Waals surface area contributed by atoms with Crippen molar-refractivity contribution in [3.05, 3.63) is 65.7 Å². The van der Waals surface area contributed by atoms with E-state index in [4.69, 9.17) is 0 Å². The number of hydrazone groups is 1. The van der Waals surface area contributed by atoms with Gasteiger partial charge in [0.05, 0.1) is 11.8 Å². The van der Waals surface area contributed by atoms with Crippen LogP contribution in [0.25, 0.3) is 0 Å². The van der Waals surface area contributed by atoms with Crippen molar-refractivity contribution in [3.8, 4) is 0 Å². The van der Waals surface area contributed by atoms with Crippen molar-refractivity contribution in [1.82, 2.24) is 5.43 Å². The fraction of sp³-hybridized carbons (Fsp3) is 0.435. The zero-order valence-electron chi connectivity index (χ0n) is 16.7. The normalized spacial score (nSPS) is 11.1. The molecule has 0 aliphatic carbocycles. The molecule has 28 heavy (non-hydrogen) atoms. The molecule has 0 bridgehead atoms. The first-order valence-corrected chi connectivity index (χ1v) is 10.3. The van der Waals surface area contributed by atoms with Crippen LogP contribution < -0.4 is 9.99 Å². The fourth-order valence-corrected chi connectivity index (χ4v) is 2.96. The Bertz CT molecular complexity index is 727. The third-order valence-corrected chi connectivity index (χ3v) is 4.67. The van der Waals surface area contributed by atoms with Crippen molar-refractivity contribution in [2.24, 2.45) is 5.10 Å². The monoisotopic (exact) mass is 384 g/mol. The zero-order valence-corrected chi connectivity index (χ0v) is 16.7. The largest absolute Gasteiger partial charge is 0.271 e. The molecule has 0 spiro atoms. The minimum absolute atomic E-state index is 0.266. The zero-order chi connectivity index (χ0) is 20.0. The topological polar surface area (TPSA) is 45.3 Å². The molecule has 0 aliphatic rings. The van der Waals surface area contributed by atoms with Crippen molar-refractivity contribution in [3.63, 3.8) is 0 Å². The number of benzene rings is 1. The summed E-state index contributed by atoms with van der Waals surface area (Å²) in [5, 5.41) is 3.91. The summed E-state index contributed by atoms with van der Waals surface area (Å²) < 4.78 is 15.0. The Morgan fingerprint density at radius 1 is 0.964 bits per heavy atom. The average Bonchev–Trinajstić information content (AvgIpc) is 2.72. The highest BCUT2D eigenvalue weighted by molar-refractivity contribution is 5.94. The van der Waals surface area contributed by atoms with E-state index in [2.05, 4.69) is 22.0 Å². The Labute approximate surface area is 167 Å². The third kappa shape index (κ3) is 8.42. The van der Waals surface area contributed by atoms with E-state index in [1.807, 2.05) is 12.4 Å². The molecule has 0 atom stereocenters. The van der Waals surface area contributed by atoms with Gasteiger partial charge in [-0.25, -0.2) is 14.4 Å². The molecule has 0 saturated carbocycles. The number of halogens is 1. The second-order valence-electron chi connectivity index (χ2n) is 7.05. The summed E-state index contributed by atoms with van der Waals surface area (Å²) in [7, 11) is 0. The quantitative estimate of drug-likeness (QED) is 0.237. The summed E-state index contributed by atoms with van der Waals surface area (Å²) in [6.07, 6.45) is 15.8. The Morgan fingerprint density at radius 3 is 2.21 bits per heavy atom. The molecule has 0 radical (unpaired) electrons. The number of nitrogens with zero attached hydrogens (tertiary/aromatic N) is 2. The van der Waals surface area contributed by atoms with Gasteiger partial charge in [0.15, 0.2) is 12.4 Å². The van der Waals surface area contributed by atoms with Gasteiger partial charge >= 0.3 is 0 Å². The highest BCUT2D eigenvalue weighted by Crippen LogP contribution is 2.08. The summed E-state index contributed by atoms with van der Waals surface area (Å²) in [5.41, 5.74) is 3.77. The number of carbonyl (C=O) groups excluding carboxylic acids is 1. The summed E-state index contributed by atoms with van der Waals surface area (Å²) in [5.74, 6) is -0.566. The van der Waals surface area contributed by atoms with Crippen molar-refractivity contribution < 1.29 is 13.8 Å². The number of hydrogen-bond donors (Lipinski definition) is 1. The molecule has 0 aliphatic heterocycles. The van der Waals surface area contributed by atoms with E-state index >= 15 is 0 Å². The molecule has 1 aromatic heterocycles. The Hall–Kier alpha value is -2.56. The molecule has 0 saturated heterocycles. The van der Waals surface area contributed by atoms with Gasteiger partial charge in [-0.15, -0.1) is 0 Å². The summed E-state index contributed by atoms with van der Waals surface area (Å²) in [6, 6.07) is 9.50. The van der Waals surface area contributed by atoms with Crippen LogP contribution in [0.15, 0.2) is 53.9 Å². The Morgan fingerprint density at radius 2 is 1.57 bits per heavy atom. The van der Waals surface area contributed by atoms with E-state index in [0.717, 1.165) is 18.5 Å². The van der Waals surface area contributed by atoms with Crippen LogP contribution >= 0.6 is 0 Å². The van der Waals surface area contributed by atoms with E-state index in [0.29, 0.717) is 5.56 Å². The van der Waals surface area contributed by atoms with E-state index < -0.39 is 0 Å². The molecule has 150 valence electrons. The van der Waals surface area contributed by atoms with Crippen molar-refractivity contribution in [2.75, 3.05) is 0 Å². The fourth-order valence-electron chi connectivity index (χ4n) is 2.96. The molecule has 2 rings (SSSR count). The molecule has 4 nitrogen and oxygen atoms in total. The molecular formula is C23H31FN3O+. The summed E-state index contributed by atoms with van der Waals surface area (Å²) in [6.45, 7) is 3.22. The third-order valence-electron chi connectivity index (χ3n) is 4.67. The van der Waals surface area contributed by atoms with Crippen LogP contribution in [0.4, 0.5) is 4.39 Å². The van der Waals surface area contributed by atoms with E-state index in [1.165, 1.54) is 63.3 Å². The number of unbranched alkanes of at least 4 members (excludes halogenated alkanes) is 7. The van der Waals surface area contributed by atoms with Crippen LogP contribution in [0, 0.1) is 5.82 Å². The first-order valence-electron chi connectivity index (χ1n) is 10.3. The predicted octanol–water partition coefficient (Wildman–Crippen LogP) is 5.02. The van der Waals surface area contributed by atoms with Gasteiger partial charge in [-0.05, 0) is 24.1 Å². The lowest BCUT2D eigenvalue weighted by Gasteiger charge is -2.01. The van der Waals surface area contributed by atoms with E-state index in [9.17, 15) is 9.18 Å². The van der Waals surface area contributed by atoms with E-state index in [-0.39, 0.29) is 11.7 Å². The lowest BCUT2D eigenvalue weighted by molar-refractivity contribution is -0.697. The van der Waals surface area contributed by atoms with Crippen molar-refractivity contribution >= 4 is 12.1 Å². The van der Waals surface area contributed by atoms with Gasteiger partial charge < -0.3 is 0 Å². The summed E-state index contributed by atoms with van der Waals surface area (Å²) >= 11 is 0. The second kappa shape index (κ2) is 12.8. The van der Waals surface area contributed by atoms with Crippen LogP contribution in [-0.2, 0) is 6.54 Å². The van der Waals surface area contributed by atoms with Gasteiger partial charge in [-0.2, -0.15) is 5.10 Å². The number of rotatable bonds is 12. The predicted molar refractivity (Wildman–Crippen MR) is 111 cm³/mol. The lowest BCUT2D eigenvalue weighted by Crippen LogP contribution is -2.33. The van der Waals surface area contributed by atoms with Crippen molar-refractivity contribution in [2.45, 2.75) is 64.8 Å². The van der Waals surface area contributed by atoms with Crippen LogP contribution in [0.1, 0.15) is 74.2 Å². The van der Waals surface area contributed by atoms with Gasteiger partial charge in [0.1, 0.15) is 12.4 Å². The lowest BCUT2D eigenvalue weighted by atomic mass is 10.1. The Balaban J connectivity index is 1.66. The minimum Gasteiger partial charge on any atom is -0.267 e. The van der Waals surface area contributed by atoms with Crippen molar-refractivity contribution in [1.29, 1.82) is 0 Å². The van der Waals surface area contributed by atoms with Crippen LogP contribution in [-0.4, -0.2) is 12.1 Å². The first-order chi connectivity index (χ1) is 13.7. The van der Waals surface area contributed by atoms with Gasteiger partial charge in [-0.3, -0.25) is 4.79 Å². The number of aromatic nitrogens is 1. The molecule has 0 fully saturated rings. The second-order valence-corrected chi connectivity index (χ2v) is 7.05. The molecule has 1 aromatic carbocycles. The molecule has 0 unspecified atom stereocenters. The van der Waals surface area contributed by atoms with Crippen LogP contribution in [0.2, 0.25) is 0 Å². The standard InChI is InChI=1S/C23H30FN3O/c1-2-3-4-5-6-7-8-9-16-27-17-14-21(15-18-27)23(28)26-25-19-20-10-12-22(24)13-11-20/h10-15,17-19H,2-9,16H2,1H3/p+1. The maximum atomic E-state index is 12.8. The van der Waals surface area contributed by atoms with Gasteiger partial charge in [0.2, 0.25) is 0 Å². The van der Waals surface area contributed by atoms with Crippen LogP contribution in [0.5, 0.6) is 0 Å². The van der Waals surface area contributed by atoms with Gasteiger partial charge in [0.25, 0.3) is 5.91 Å². The molecular weight excluding hydrogens is 353 g/mol. The maximum Gasteiger partial charge on any atom is 0.271 e. The smallest absolute Gasteiger partial charge is 0.267 e. The molecule has 2 aromatic rings. The maximum absolute atomic E-state index is 12.8. The molecule has 1 heterocycles. The van der Waals surface area contributed by atoms with Gasteiger partial charge in [0, 0.05) is 18.6 Å². The van der Waals surface area contributed by atoms with Gasteiger partial charge in [-0.1, -0.05) is 57.6 Å². The number of hydrogen-bond acceptors (Lipinski definition) is 2. The number of aryl methyl sites for hydroxylation is 1. The van der Waals surface area contributed by atoms with E-state index in [1.54, 1.807) is 24.3 Å². The Kier molecular flexibility index (Phi) is 9.91. The SMILES string of the molecule is CCCCCCCCCC[n+]1ccc(C(=O)NN=Cc2ccc(F)cc2)cc1. The number of nitrogens with one attached hydrogen (secondary N) is 1. The number of carbonyl (C=O) groups is 1.